The van der Waals surface area contributed by atoms with Gasteiger partial charge in [-0.25, -0.2) is 4.98 Å². The number of hydrogen-bond donors (Lipinski definition) is 2. The van der Waals surface area contributed by atoms with E-state index in [2.05, 4.69) is 41.5 Å². The molecular weight excluding hydrogens is 280 g/mol. The van der Waals surface area contributed by atoms with Gasteiger partial charge in [0.1, 0.15) is 5.01 Å². The topological polar surface area (TPSA) is 45.1 Å². The molecule has 0 aliphatic rings. The Morgan fingerprint density at radius 1 is 1.19 bits per heavy atom. The molecule has 0 aliphatic carbocycles. The van der Waals surface area contributed by atoms with Crippen LogP contribution in [0.4, 0.5) is 0 Å². The van der Waals surface area contributed by atoms with Gasteiger partial charge in [0.2, 0.25) is 0 Å². The van der Waals surface area contributed by atoms with Crippen molar-refractivity contribution in [2.45, 2.75) is 19.1 Å². The van der Waals surface area contributed by atoms with Crippen LogP contribution >= 0.6 is 11.3 Å². The molecule has 2 unspecified atom stereocenters. The molecule has 2 atom stereocenters. The molecule has 0 amide bonds. The molecule has 4 heteroatoms. The number of nitrogens with zero attached hydrogens (tertiary/aromatic N) is 1. The van der Waals surface area contributed by atoms with Gasteiger partial charge >= 0.3 is 0 Å². The molecule has 3 nitrogen and oxygen atoms in total. The summed E-state index contributed by atoms with van der Waals surface area (Å²) in [6.07, 6.45) is 1.29. The zero-order chi connectivity index (χ0) is 14.7. The Morgan fingerprint density at radius 3 is 2.76 bits per heavy atom. The molecule has 21 heavy (non-hydrogen) atoms. The Labute approximate surface area is 128 Å². The van der Waals surface area contributed by atoms with Crippen molar-refractivity contribution in [3.63, 3.8) is 0 Å². The molecular formula is C17H18N2OS. The van der Waals surface area contributed by atoms with Crippen LogP contribution in [-0.2, 0) is 0 Å². The summed E-state index contributed by atoms with van der Waals surface area (Å²) in [4.78, 5) is 4.28. The Morgan fingerprint density at radius 2 is 2.00 bits per heavy atom. The quantitative estimate of drug-likeness (QED) is 0.755. The maximum atomic E-state index is 10.3. The number of aromatic nitrogens is 1. The molecule has 0 aliphatic heterocycles. The van der Waals surface area contributed by atoms with Gasteiger partial charge in [-0.2, -0.15) is 0 Å². The molecule has 0 fully saturated rings. The van der Waals surface area contributed by atoms with E-state index >= 15 is 0 Å². The molecule has 0 spiro atoms. The second-order valence-corrected chi connectivity index (χ2v) is 6.05. The SMILES string of the molecule is CC(NCC(O)c1ccc2ccccc2c1)c1nccs1. The standard InChI is InChI=1S/C17H18N2OS/c1-12(17-18-8-9-21-17)19-11-16(20)15-7-6-13-4-2-3-5-14(13)10-15/h2-10,12,16,19-20H,11H2,1H3. The summed E-state index contributed by atoms with van der Waals surface area (Å²) in [5.41, 5.74) is 0.938. The van der Waals surface area contributed by atoms with Crippen LogP contribution in [0.3, 0.4) is 0 Å². The zero-order valence-electron chi connectivity index (χ0n) is 11.9. The van der Waals surface area contributed by atoms with Crippen molar-refractivity contribution in [2.75, 3.05) is 6.54 Å². The molecule has 1 aromatic heterocycles. The number of aliphatic hydroxyl groups excluding tert-OH is 1. The van der Waals surface area contributed by atoms with Crippen LogP contribution in [-0.4, -0.2) is 16.6 Å². The van der Waals surface area contributed by atoms with Crippen molar-refractivity contribution in [1.29, 1.82) is 0 Å². The van der Waals surface area contributed by atoms with Crippen LogP contribution in [0.25, 0.3) is 10.8 Å². The fourth-order valence-corrected chi connectivity index (χ4v) is 3.03. The van der Waals surface area contributed by atoms with E-state index in [9.17, 15) is 5.11 Å². The van der Waals surface area contributed by atoms with Gasteiger partial charge in [-0.3, -0.25) is 0 Å². The summed E-state index contributed by atoms with van der Waals surface area (Å²) in [7, 11) is 0. The largest absolute Gasteiger partial charge is 0.387 e. The number of hydrogen-bond acceptors (Lipinski definition) is 4. The summed E-state index contributed by atoms with van der Waals surface area (Å²) in [6, 6.07) is 14.4. The van der Waals surface area contributed by atoms with E-state index in [4.69, 9.17) is 0 Å². The lowest BCUT2D eigenvalue weighted by Gasteiger charge is -2.16. The van der Waals surface area contributed by atoms with Gasteiger partial charge in [0.15, 0.2) is 0 Å². The Hall–Kier alpha value is -1.75. The maximum absolute atomic E-state index is 10.3. The third-order valence-corrected chi connectivity index (χ3v) is 4.56. The first-order chi connectivity index (χ1) is 10.2. The van der Waals surface area contributed by atoms with Crippen molar-refractivity contribution in [3.05, 3.63) is 64.6 Å². The van der Waals surface area contributed by atoms with Gasteiger partial charge in [0.05, 0.1) is 12.1 Å². The molecule has 0 radical (unpaired) electrons. The van der Waals surface area contributed by atoms with Gasteiger partial charge < -0.3 is 10.4 Å². The van der Waals surface area contributed by atoms with E-state index in [-0.39, 0.29) is 6.04 Å². The van der Waals surface area contributed by atoms with E-state index < -0.39 is 6.10 Å². The zero-order valence-corrected chi connectivity index (χ0v) is 12.7. The molecule has 1 heterocycles. The lowest BCUT2D eigenvalue weighted by Crippen LogP contribution is -2.24. The van der Waals surface area contributed by atoms with Gasteiger partial charge in [-0.1, -0.05) is 36.4 Å². The number of thiazole rings is 1. The molecule has 0 saturated carbocycles. The molecule has 3 aromatic rings. The predicted molar refractivity (Wildman–Crippen MR) is 87.4 cm³/mol. The normalized spacial score (nSPS) is 14.2. The highest BCUT2D eigenvalue weighted by Gasteiger charge is 2.12. The highest BCUT2D eigenvalue weighted by atomic mass is 32.1. The van der Waals surface area contributed by atoms with E-state index in [0.29, 0.717) is 6.54 Å². The van der Waals surface area contributed by atoms with Crippen molar-refractivity contribution in [3.8, 4) is 0 Å². The number of aliphatic hydroxyl groups is 1. The van der Waals surface area contributed by atoms with E-state index in [1.807, 2.05) is 23.6 Å². The number of fused-ring (bicyclic) bond motifs is 1. The first-order valence-corrected chi connectivity index (χ1v) is 7.91. The number of benzene rings is 2. The van der Waals surface area contributed by atoms with Gasteiger partial charge in [0, 0.05) is 18.1 Å². The Bertz CT molecular complexity index is 712. The Balaban J connectivity index is 1.67. The molecule has 2 aromatic carbocycles. The van der Waals surface area contributed by atoms with Gasteiger partial charge in [-0.15, -0.1) is 11.3 Å². The number of rotatable bonds is 5. The number of nitrogens with one attached hydrogen (secondary N) is 1. The summed E-state index contributed by atoms with van der Waals surface area (Å²) in [6.45, 7) is 2.57. The fraction of sp³-hybridized carbons (Fsp3) is 0.235. The minimum Gasteiger partial charge on any atom is -0.387 e. The van der Waals surface area contributed by atoms with Gasteiger partial charge in [-0.05, 0) is 29.3 Å². The van der Waals surface area contributed by atoms with Crippen LogP contribution < -0.4 is 5.32 Å². The first kappa shape index (κ1) is 14.2. The highest BCUT2D eigenvalue weighted by Crippen LogP contribution is 2.21. The molecule has 0 saturated heterocycles. The van der Waals surface area contributed by atoms with E-state index in [1.54, 1.807) is 17.5 Å². The average Bonchev–Trinajstić information content (AvgIpc) is 3.06. The Kier molecular flexibility index (Phi) is 4.29. The fourth-order valence-electron chi connectivity index (χ4n) is 2.36. The highest BCUT2D eigenvalue weighted by molar-refractivity contribution is 7.09. The second kappa shape index (κ2) is 6.35. The van der Waals surface area contributed by atoms with Crippen molar-refractivity contribution >= 4 is 22.1 Å². The maximum Gasteiger partial charge on any atom is 0.109 e. The van der Waals surface area contributed by atoms with E-state index in [1.165, 1.54) is 5.39 Å². The summed E-state index contributed by atoms with van der Waals surface area (Å²) < 4.78 is 0. The van der Waals surface area contributed by atoms with Crippen LogP contribution in [0.15, 0.2) is 54.0 Å². The molecule has 108 valence electrons. The van der Waals surface area contributed by atoms with Crippen LogP contribution in [0.2, 0.25) is 0 Å². The lowest BCUT2D eigenvalue weighted by atomic mass is 10.0. The molecule has 2 N–H and O–H groups in total. The van der Waals surface area contributed by atoms with Crippen LogP contribution in [0.5, 0.6) is 0 Å². The second-order valence-electron chi connectivity index (χ2n) is 5.12. The molecule has 0 bridgehead atoms. The lowest BCUT2D eigenvalue weighted by molar-refractivity contribution is 0.171. The smallest absolute Gasteiger partial charge is 0.109 e. The summed E-state index contributed by atoms with van der Waals surface area (Å²) >= 11 is 1.63. The predicted octanol–water partition coefficient (Wildman–Crippen LogP) is 3.68. The molecule has 3 rings (SSSR count). The first-order valence-electron chi connectivity index (χ1n) is 7.03. The van der Waals surface area contributed by atoms with Gasteiger partial charge in [0.25, 0.3) is 0 Å². The third kappa shape index (κ3) is 3.29. The van der Waals surface area contributed by atoms with Crippen molar-refractivity contribution in [2.24, 2.45) is 0 Å². The van der Waals surface area contributed by atoms with Crippen molar-refractivity contribution < 1.29 is 5.11 Å². The van der Waals surface area contributed by atoms with Crippen LogP contribution in [0, 0.1) is 0 Å². The monoisotopic (exact) mass is 298 g/mol. The average molecular weight is 298 g/mol. The third-order valence-electron chi connectivity index (χ3n) is 3.60. The van der Waals surface area contributed by atoms with Crippen LogP contribution in [0.1, 0.15) is 29.6 Å². The summed E-state index contributed by atoms with van der Waals surface area (Å²) in [5, 5.41) is 19.0. The van der Waals surface area contributed by atoms with Crippen molar-refractivity contribution in [1.82, 2.24) is 10.3 Å². The minimum atomic E-state index is -0.517. The minimum absolute atomic E-state index is 0.153. The van der Waals surface area contributed by atoms with E-state index in [0.717, 1.165) is 16.0 Å². The summed E-state index contributed by atoms with van der Waals surface area (Å²) in [5.74, 6) is 0.